The highest BCUT2D eigenvalue weighted by molar-refractivity contribution is 7.11. The van der Waals surface area contributed by atoms with Crippen LogP contribution in [0.2, 0.25) is 0 Å². The third kappa shape index (κ3) is 6.01. The van der Waals surface area contributed by atoms with Gasteiger partial charge in [0.15, 0.2) is 0 Å². The van der Waals surface area contributed by atoms with Crippen molar-refractivity contribution in [3.8, 4) is 0 Å². The van der Waals surface area contributed by atoms with E-state index in [9.17, 15) is 9.90 Å². The first-order chi connectivity index (χ1) is 9.52. The average molecular weight is 313 g/mol. The molecule has 5 nitrogen and oxygen atoms in total. The number of carbonyl (C=O) groups excluding carboxylic acids is 1. The second kappa shape index (κ2) is 6.75. The average Bonchev–Trinajstić information content (AvgIpc) is 2.72. The maximum Gasteiger partial charge on any atom is 0.315 e. The summed E-state index contributed by atoms with van der Waals surface area (Å²) in [6.45, 7) is 12.2. The molecule has 1 unspecified atom stereocenters. The van der Waals surface area contributed by atoms with Crippen molar-refractivity contribution in [1.82, 2.24) is 15.6 Å². The maximum atomic E-state index is 12.1. The fourth-order valence-corrected chi connectivity index (χ4v) is 3.04. The fourth-order valence-electron chi connectivity index (χ4n) is 2.22. The van der Waals surface area contributed by atoms with Crippen LogP contribution >= 0.6 is 11.3 Å². The van der Waals surface area contributed by atoms with Crippen LogP contribution in [0.3, 0.4) is 0 Å². The molecule has 1 aromatic heterocycles. The lowest BCUT2D eigenvalue weighted by Crippen LogP contribution is -2.48. The van der Waals surface area contributed by atoms with Gasteiger partial charge in [0.25, 0.3) is 0 Å². The summed E-state index contributed by atoms with van der Waals surface area (Å²) in [5.74, 6) is 0. The number of urea groups is 1. The van der Waals surface area contributed by atoms with E-state index in [-0.39, 0.29) is 17.6 Å². The van der Waals surface area contributed by atoms with Gasteiger partial charge in [0.05, 0.1) is 11.6 Å². The number of aryl methyl sites for hydroxylation is 1. The van der Waals surface area contributed by atoms with Crippen molar-refractivity contribution >= 4 is 17.4 Å². The van der Waals surface area contributed by atoms with E-state index in [1.54, 1.807) is 18.3 Å². The molecular formula is C15H27N3O2S. The molecule has 0 fully saturated rings. The Hall–Kier alpha value is -1.14. The molecular weight excluding hydrogens is 286 g/mol. The first-order valence-corrected chi connectivity index (χ1v) is 8.00. The number of aromatic nitrogens is 1. The van der Waals surface area contributed by atoms with E-state index in [1.165, 1.54) is 0 Å². The van der Waals surface area contributed by atoms with E-state index >= 15 is 0 Å². The van der Waals surface area contributed by atoms with Crippen molar-refractivity contribution in [1.29, 1.82) is 0 Å². The molecule has 1 heterocycles. The highest BCUT2D eigenvalue weighted by Crippen LogP contribution is 2.25. The van der Waals surface area contributed by atoms with Gasteiger partial charge in [-0.3, -0.25) is 0 Å². The second-order valence-electron chi connectivity index (χ2n) is 6.93. The Bertz CT molecular complexity index is 481. The summed E-state index contributed by atoms with van der Waals surface area (Å²) in [5.41, 5.74) is -0.648. The molecule has 21 heavy (non-hydrogen) atoms. The van der Waals surface area contributed by atoms with Crippen LogP contribution in [0, 0.1) is 12.3 Å². The van der Waals surface area contributed by atoms with Crippen LogP contribution in [0.4, 0.5) is 4.79 Å². The Kier molecular flexibility index (Phi) is 5.75. The number of aliphatic hydroxyl groups is 1. The number of hydrogen-bond acceptors (Lipinski definition) is 4. The van der Waals surface area contributed by atoms with Crippen LogP contribution in [0.15, 0.2) is 6.20 Å². The molecule has 0 aliphatic carbocycles. The number of nitrogens with one attached hydrogen (secondary N) is 2. The molecule has 3 N–H and O–H groups in total. The van der Waals surface area contributed by atoms with Gasteiger partial charge in [-0.25, -0.2) is 9.78 Å². The molecule has 1 atom stereocenters. The number of thiazole rings is 1. The van der Waals surface area contributed by atoms with Crippen LogP contribution < -0.4 is 10.6 Å². The standard InChI is InChI=1S/C15H27N3O2S/c1-10(19)7-14(3,4)9-17-13(20)18-15(5,6)12-16-8-11(2)21-12/h8,10,19H,7,9H2,1-6H3,(H2,17,18,20). The molecule has 0 saturated carbocycles. The summed E-state index contributed by atoms with van der Waals surface area (Å²) < 4.78 is 0. The zero-order valence-corrected chi connectivity index (χ0v) is 14.6. The molecule has 0 aliphatic rings. The molecule has 0 radical (unpaired) electrons. The molecule has 0 aliphatic heterocycles. The number of carbonyl (C=O) groups is 1. The lowest BCUT2D eigenvalue weighted by atomic mass is 9.87. The van der Waals surface area contributed by atoms with Crippen molar-refractivity contribution in [2.24, 2.45) is 5.41 Å². The summed E-state index contributed by atoms with van der Waals surface area (Å²) in [6, 6.07) is -0.216. The first kappa shape index (κ1) is 17.9. The van der Waals surface area contributed by atoms with Gasteiger partial charge in [0.2, 0.25) is 0 Å². The van der Waals surface area contributed by atoms with E-state index in [0.717, 1.165) is 9.88 Å². The molecule has 0 bridgehead atoms. The van der Waals surface area contributed by atoms with Crippen molar-refractivity contribution in [2.75, 3.05) is 6.54 Å². The normalized spacial score (nSPS) is 13.9. The van der Waals surface area contributed by atoms with Gasteiger partial charge in [-0.2, -0.15) is 0 Å². The Morgan fingerprint density at radius 3 is 2.52 bits per heavy atom. The van der Waals surface area contributed by atoms with Crippen molar-refractivity contribution in [2.45, 2.75) is 59.6 Å². The topological polar surface area (TPSA) is 74.2 Å². The third-order valence-corrected chi connectivity index (χ3v) is 4.39. The highest BCUT2D eigenvalue weighted by Gasteiger charge is 2.27. The minimum absolute atomic E-state index is 0.145. The summed E-state index contributed by atoms with van der Waals surface area (Å²) in [7, 11) is 0. The van der Waals surface area contributed by atoms with Gasteiger partial charge in [0, 0.05) is 17.6 Å². The number of nitrogens with zero attached hydrogens (tertiary/aromatic N) is 1. The molecule has 6 heteroatoms. The van der Waals surface area contributed by atoms with Gasteiger partial charge < -0.3 is 15.7 Å². The largest absolute Gasteiger partial charge is 0.393 e. The smallest absolute Gasteiger partial charge is 0.315 e. The lowest BCUT2D eigenvalue weighted by molar-refractivity contribution is 0.128. The predicted octanol–water partition coefficient (Wildman–Crippen LogP) is 2.78. The highest BCUT2D eigenvalue weighted by atomic mass is 32.1. The van der Waals surface area contributed by atoms with Crippen molar-refractivity contribution < 1.29 is 9.90 Å². The van der Waals surface area contributed by atoms with Crippen LogP contribution in [-0.4, -0.2) is 28.8 Å². The minimum atomic E-state index is -0.503. The Labute approximate surface area is 131 Å². The van der Waals surface area contributed by atoms with Gasteiger partial charge >= 0.3 is 6.03 Å². The molecule has 0 saturated heterocycles. The van der Waals surface area contributed by atoms with Crippen molar-refractivity contribution in [3.05, 3.63) is 16.1 Å². The number of amides is 2. The van der Waals surface area contributed by atoms with Gasteiger partial charge in [-0.05, 0) is 39.5 Å². The fraction of sp³-hybridized carbons (Fsp3) is 0.733. The summed E-state index contributed by atoms with van der Waals surface area (Å²) >= 11 is 1.58. The second-order valence-corrected chi connectivity index (χ2v) is 8.16. The van der Waals surface area contributed by atoms with E-state index in [0.29, 0.717) is 13.0 Å². The SMILES string of the molecule is Cc1cnc(C(C)(C)NC(=O)NCC(C)(C)CC(C)O)s1. The Morgan fingerprint density at radius 2 is 2.05 bits per heavy atom. The van der Waals surface area contributed by atoms with Gasteiger partial charge in [0.1, 0.15) is 5.01 Å². The molecule has 120 valence electrons. The lowest BCUT2D eigenvalue weighted by Gasteiger charge is -2.28. The van der Waals surface area contributed by atoms with E-state index < -0.39 is 5.54 Å². The Morgan fingerprint density at radius 1 is 1.43 bits per heavy atom. The molecule has 0 aromatic carbocycles. The van der Waals surface area contributed by atoms with Gasteiger partial charge in [-0.1, -0.05) is 13.8 Å². The molecule has 0 spiro atoms. The van der Waals surface area contributed by atoms with Crippen LogP contribution in [0.1, 0.15) is 50.9 Å². The number of hydrogen-bond donors (Lipinski definition) is 3. The van der Waals surface area contributed by atoms with Gasteiger partial charge in [-0.15, -0.1) is 11.3 Å². The quantitative estimate of drug-likeness (QED) is 0.756. The molecule has 2 amide bonds. The first-order valence-electron chi connectivity index (χ1n) is 7.19. The maximum absolute atomic E-state index is 12.1. The molecule has 1 rings (SSSR count). The van der Waals surface area contributed by atoms with Crippen LogP contribution in [0.25, 0.3) is 0 Å². The van der Waals surface area contributed by atoms with Crippen LogP contribution in [0.5, 0.6) is 0 Å². The third-order valence-electron chi connectivity index (χ3n) is 3.16. The van der Waals surface area contributed by atoms with E-state index in [4.69, 9.17) is 0 Å². The Balaban J connectivity index is 2.53. The van der Waals surface area contributed by atoms with Crippen molar-refractivity contribution in [3.63, 3.8) is 0 Å². The zero-order valence-electron chi connectivity index (χ0n) is 13.8. The summed E-state index contributed by atoms with van der Waals surface area (Å²) in [4.78, 5) is 17.5. The summed E-state index contributed by atoms with van der Waals surface area (Å²) in [5, 5.41) is 16.2. The number of rotatable bonds is 6. The predicted molar refractivity (Wildman–Crippen MR) is 86.5 cm³/mol. The zero-order chi connectivity index (χ0) is 16.3. The van der Waals surface area contributed by atoms with E-state index in [1.807, 2.05) is 40.8 Å². The van der Waals surface area contributed by atoms with Crippen LogP contribution in [-0.2, 0) is 5.54 Å². The van der Waals surface area contributed by atoms with E-state index in [2.05, 4.69) is 15.6 Å². The number of aliphatic hydroxyl groups excluding tert-OH is 1. The minimum Gasteiger partial charge on any atom is -0.393 e. The molecule has 1 aromatic rings. The monoisotopic (exact) mass is 313 g/mol. The summed E-state index contributed by atoms with van der Waals surface area (Å²) in [6.07, 6.45) is 2.08.